The van der Waals surface area contributed by atoms with Crippen LogP contribution >= 0.6 is 0 Å². The Hall–Kier alpha value is -0.835. The Morgan fingerprint density at radius 2 is 1.50 bits per heavy atom. The molecule has 1 aromatic carbocycles. The lowest BCUT2D eigenvalue weighted by atomic mass is 9.85. The van der Waals surface area contributed by atoms with Gasteiger partial charge in [0.25, 0.3) is 0 Å². The standard InChI is InChI=1S/C6H8BN.2H2O/c8-7-6-4-2-1-3-5-6;;/h1-5,7H,8H2;2*1H2. The van der Waals surface area contributed by atoms with Gasteiger partial charge in [-0.25, -0.2) is 0 Å². The number of nitrogens with two attached hydrogens (primary N) is 1. The molecule has 3 nitrogen and oxygen atoms in total. The van der Waals surface area contributed by atoms with E-state index in [1.807, 2.05) is 30.3 Å². The Kier molecular flexibility index (Phi) is 7.48. The van der Waals surface area contributed by atoms with Crippen molar-refractivity contribution in [1.82, 2.24) is 0 Å². The second-order valence-electron chi connectivity index (χ2n) is 1.69. The van der Waals surface area contributed by atoms with Gasteiger partial charge in [0, 0.05) is 0 Å². The predicted molar refractivity (Wildman–Crippen MR) is 44.6 cm³/mol. The monoisotopic (exact) mass is 141 g/mol. The van der Waals surface area contributed by atoms with Crippen LogP contribution in [0.25, 0.3) is 0 Å². The summed E-state index contributed by atoms with van der Waals surface area (Å²) in [4.78, 5) is 0. The molecule has 0 fully saturated rings. The molecule has 0 amide bonds. The van der Waals surface area contributed by atoms with Crippen LogP contribution in [-0.2, 0) is 0 Å². The van der Waals surface area contributed by atoms with Gasteiger partial charge in [-0.05, 0) is 0 Å². The van der Waals surface area contributed by atoms with Crippen LogP contribution in [-0.4, -0.2) is 18.4 Å². The van der Waals surface area contributed by atoms with Crippen molar-refractivity contribution < 1.29 is 11.0 Å². The van der Waals surface area contributed by atoms with Gasteiger partial charge in [-0.3, -0.25) is 0 Å². The van der Waals surface area contributed by atoms with E-state index in [0.29, 0.717) is 7.41 Å². The zero-order valence-corrected chi connectivity index (χ0v) is 5.67. The molecule has 0 spiro atoms. The minimum atomic E-state index is 0. The van der Waals surface area contributed by atoms with E-state index in [9.17, 15) is 0 Å². The fourth-order valence-corrected chi connectivity index (χ4v) is 0.614. The molecule has 0 saturated carbocycles. The van der Waals surface area contributed by atoms with Crippen LogP contribution in [0.4, 0.5) is 0 Å². The second-order valence-corrected chi connectivity index (χ2v) is 1.69. The lowest BCUT2D eigenvalue weighted by Gasteiger charge is -1.88. The van der Waals surface area contributed by atoms with Gasteiger partial charge in [-0.15, -0.1) is 0 Å². The van der Waals surface area contributed by atoms with Crippen LogP contribution < -0.4 is 11.1 Å². The lowest BCUT2D eigenvalue weighted by molar-refractivity contribution is 0.823. The van der Waals surface area contributed by atoms with E-state index >= 15 is 0 Å². The van der Waals surface area contributed by atoms with E-state index in [1.165, 1.54) is 5.46 Å². The quantitative estimate of drug-likeness (QED) is 0.449. The van der Waals surface area contributed by atoms with Gasteiger partial charge in [0.15, 0.2) is 0 Å². The Labute approximate surface area is 60.7 Å². The summed E-state index contributed by atoms with van der Waals surface area (Å²) < 4.78 is 0. The van der Waals surface area contributed by atoms with Crippen molar-refractivity contribution in [2.45, 2.75) is 0 Å². The molecule has 0 radical (unpaired) electrons. The van der Waals surface area contributed by atoms with E-state index in [2.05, 4.69) is 0 Å². The molecular formula is C6H12BNO2. The minimum absolute atomic E-state index is 0. The summed E-state index contributed by atoms with van der Waals surface area (Å²) in [6, 6.07) is 9.99. The maximum absolute atomic E-state index is 5.35. The van der Waals surface area contributed by atoms with E-state index in [-0.39, 0.29) is 11.0 Å². The molecule has 0 saturated heterocycles. The lowest BCUT2D eigenvalue weighted by Crippen LogP contribution is -2.21. The maximum atomic E-state index is 5.35. The number of benzene rings is 1. The highest BCUT2D eigenvalue weighted by molar-refractivity contribution is 6.49. The molecule has 1 aromatic rings. The largest absolute Gasteiger partial charge is 0.412 e. The Balaban J connectivity index is 0. The van der Waals surface area contributed by atoms with Gasteiger partial charge in [0.05, 0.1) is 0 Å². The molecule has 0 aliphatic carbocycles. The highest BCUT2D eigenvalue weighted by Gasteiger charge is 1.83. The zero-order valence-electron chi connectivity index (χ0n) is 5.67. The first-order chi connectivity index (χ1) is 3.93. The van der Waals surface area contributed by atoms with Crippen molar-refractivity contribution in [3.63, 3.8) is 0 Å². The second kappa shape index (κ2) is 6.29. The Morgan fingerprint density at radius 3 is 1.80 bits per heavy atom. The van der Waals surface area contributed by atoms with Crippen molar-refractivity contribution in [1.29, 1.82) is 0 Å². The fraction of sp³-hybridized carbons (Fsp3) is 0. The smallest absolute Gasteiger partial charge is 0.233 e. The minimum Gasteiger partial charge on any atom is -0.412 e. The Bertz CT molecular complexity index is 157. The molecule has 6 N–H and O–H groups in total. The average Bonchev–Trinajstić information content (AvgIpc) is 1.90. The third-order valence-electron chi connectivity index (χ3n) is 1.08. The van der Waals surface area contributed by atoms with Crippen LogP contribution in [0.3, 0.4) is 0 Å². The molecule has 1 rings (SSSR count). The zero-order chi connectivity index (χ0) is 5.82. The van der Waals surface area contributed by atoms with E-state index < -0.39 is 0 Å². The summed E-state index contributed by atoms with van der Waals surface area (Å²) in [5, 5.41) is 0. The molecule has 0 aliphatic heterocycles. The van der Waals surface area contributed by atoms with Crippen LogP contribution in [0, 0.1) is 0 Å². The molecule has 0 aliphatic rings. The summed E-state index contributed by atoms with van der Waals surface area (Å²) in [6.45, 7) is 0. The van der Waals surface area contributed by atoms with E-state index in [0.717, 1.165) is 0 Å². The van der Waals surface area contributed by atoms with Gasteiger partial charge in [0.1, 0.15) is 0 Å². The summed E-state index contributed by atoms with van der Waals surface area (Å²) >= 11 is 0. The number of hydrogen-bond acceptors (Lipinski definition) is 1. The number of hydrogen-bond donors (Lipinski definition) is 1. The predicted octanol–water partition coefficient (Wildman–Crippen LogP) is -2.03. The van der Waals surface area contributed by atoms with Crippen molar-refractivity contribution in [2.75, 3.05) is 0 Å². The molecule has 56 valence electrons. The van der Waals surface area contributed by atoms with Crippen LogP contribution in [0.15, 0.2) is 30.3 Å². The van der Waals surface area contributed by atoms with Crippen molar-refractivity contribution in [3.05, 3.63) is 30.3 Å². The molecule has 0 atom stereocenters. The SMILES string of the molecule is NBc1ccccc1.O.O. The first-order valence-corrected chi connectivity index (χ1v) is 2.67. The fourth-order valence-electron chi connectivity index (χ4n) is 0.614. The van der Waals surface area contributed by atoms with Crippen LogP contribution in [0.1, 0.15) is 0 Å². The topological polar surface area (TPSA) is 89.0 Å². The molecule has 4 heteroatoms. The van der Waals surface area contributed by atoms with E-state index in [1.54, 1.807) is 0 Å². The molecule has 0 bridgehead atoms. The Morgan fingerprint density at radius 1 is 1.00 bits per heavy atom. The third kappa shape index (κ3) is 3.24. The number of rotatable bonds is 1. The van der Waals surface area contributed by atoms with Gasteiger partial charge in [0.2, 0.25) is 7.41 Å². The van der Waals surface area contributed by atoms with Gasteiger partial charge < -0.3 is 16.6 Å². The van der Waals surface area contributed by atoms with Crippen molar-refractivity contribution in [2.24, 2.45) is 5.64 Å². The highest BCUT2D eigenvalue weighted by Crippen LogP contribution is 1.77. The van der Waals surface area contributed by atoms with Crippen molar-refractivity contribution >= 4 is 12.9 Å². The summed E-state index contributed by atoms with van der Waals surface area (Å²) in [5.74, 6) is 0. The van der Waals surface area contributed by atoms with Gasteiger partial charge in [-0.2, -0.15) is 0 Å². The first kappa shape index (κ1) is 11.9. The molecular weight excluding hydrogens is 129 g/mol. The van der Waals surface area contributed by atoms with Gasteiger partial charge in [-0.1, -0.05) is 35.8 Å². The van der Waals surface area contributed by atoms with Crippen LogP contribution in [0.2, 0.25) is 0 Å². The van der Waals surface area contributed by atoms with E-state index in [4.69, 9.17) is 5.64 Å². The van der Waals surface area contributed by atoms with Crippen molar-refractivity contribution in [3.8, 4) is 0 Å². The molecule has 10 heavy (non-hydrogen) atoms. The average molecular weight is 141 g/mol. The highest BCUT2D eigenvalue weighted by atomic mass is 16.0. The van der Waals surface area contributed by atoms with Gasteiger partial charge >= 0.3 is 0 Å². The molecule has 0 heterocycles. The normalized spacial score (nSPS) is 6.90. The summed E-state index contributed by atoms with van der Waals surface area (Å²) in [5.41, 5.74) is 6.54. The third-order valence-corrected chi connectivity index (χ3v) is 1.08. The first-order valence-electron chi connectivity index (χ1n) is 2.67. The van der Waals surface area contributed by atoms with Crippen LogP contribution in [0.5, 0.6) is 0 Å². The molecule has 0 aromatic heterocycles. The molecule has 0 unspecified atom stereocenters. The maximum Gasteiger partial charge on any atom is 0.233 e. The summed E-state index contributed by atoms with van der Waals surface area (Å²) in [6.07, 6.45) is 0. The summed E-state index contributed by atoms with van der Waals surface area (Å²) in [7, 11) is 0.640.